The van der Waals surface area contributed by atoms with E-state index in [0.717, 1.165) is 12.8 Å². The molecule has 0 bridgehead atoms. The summed E-state index contributed by atoms with van der Waals surface area (Å²) in [7, 11) is 1.92. The summed E-state index contributed by atoms with van der Waals surface area (Å²) in [6.07, 6.45) is 2.13. The van der Waals surface area contributed by atoms with Crippen LogP contribution in [0.5, 0.6) is 0 Å². The van der Waals surface area contributed by atoms with E-state index >= 15 is 0 Å². The number of nitrogen functional groups attached to an aromatic ring is 1. The second kappa shape index (κ2) is 5.39. The Morgan fingerprint density at radius 3 is 2.69 bits per heavy atom. The number of rotatable bonds is 4. The van der Waals surface area contributed by atoms with Crippen molar-refractivity contribution in [3.8, 4) is 0 Å². The molecule has 0 spiro atoms. The maximum absolute atomic E-state index is 13.4. The van der Waals surface area contributed by atoms with Gasteiger partial charge >= 0.3 is 0 Å². The highest BCUT2D eigenvalue weighted by atomic mass is 35.5. The van der Waals surface area contributed by atoms with E-state index in [2.05, 4.69) is 13.8 Å². The van der Waals surface area contributed by atoms with Gasteiger partial charge < -0.3 is 10.6 Å². The molecule has 0 saturated carbocycles. The van der Waals surface area contributed by atoms with Crippen molar-refractivity contribution in [1.29, 1.82) is 0 Å². The fourth-order valence-corrected chi connectivity index (χ4v) is 1.88. The van der Waals surface area contributed by atoms with Crippen molar-refractivity contribution in [2.24, 2.45) is 0 Å². The lowest BCUT2D eigenvalue weighted by Gasteiger charge is -2.28. The highest BCUT2D eigenvalue weighted by Crippen LogP contribution is 2.30. The van der Waals surface area contributed by atoms with Crippen LogP contribution in [0.2, 0.25) is 5.02 Å². The van der Waals surface area contributed by atoms with Crippen molar-refractivity contribution in [3.05, 3.63) is 23.0 Å². The van der Waals surface area contributed by atoms with E-state index in [0.29, 0.717) is 17.4 Å². The number of halogens is 2. The minimum absolute atomic E-state index is 0.0674. The first-order chi connectivity index (χ1) is 7.47. The van der Waals surface area contributed by atoms with Gasteiger partial charge in [0.1, 0.15) is 5.82 Å². The van der Waals surface area contributed by atoms with E-state index in [-0.39, 0.29) is 5.02 Å². The lowest BCUT2D eigenvalue weighted by Crippen LogP contribution is -2.29. The molecule has 0 aliphatic carbocycles. The molecule has 0 heterocycles. The van der Waals surface area contributed by atoms with E-state index in [1.165, 1.54) is 12.1 Å². The lowest BCUT2D eigenvalue weighted by molar-refractivity contribution is 0.607. The summed E-state index contributed by atoms with van der Waals surface area (Å²) in [5.74, 6) is -0.429. The third-order valence-corrected chi connectivity index (χ3v) is 3.11. The number of hydrogen-bond donors (Lipinski definition) is 1. The topological polar surface area (TPSA) is 29.3 Å². The van der Waals surface area contributed by atoms with Crippen molar-refractivity contribution in [2.75, 3.05) is 17.7 Å². The monoisotopic (exact) mass is 244 g/mol. The van der Waals surface area contributed by atoms with Crippen LogP contribution in [0.25, 0.3) is 0 Å². The molecule has 0 aromatic heterocycles. The van der Waals surface area contributed by atoms with Crippen LogP contribution in [-0.4, -0.2) is 13.1 Å². The average Bonchev–Trinajstić information content (AvgIpc) is 2.23. The summed E-state index contributed by atoms with van der Waals surface area (Å²) in [5.41, 5.74) is 7.04. The van der Waals surface area contributed by atoms with E-state index < -0.39 is 5.82 Å². The molecular weight excluding hydrogens is 227 g/mol. The first kappa shape index (κ1) is 13.1. The summed E-state index contributed by atoms with van der Waals surface area (Å²) in [4.78, 5) is 1.98. The maximum atomic E-state index is 13.4. The maximum Gasteiger partial charge on any atom is 0.144 e. The summed E-state index contributed by atoms with van der Waals surface area (Å²) < 4.78 is 13.4. The second-order valence-corrected chi connectivity index (χ2v) is 4.48. The number of anilines is 2. The normalized spacial score (nSPS) is 12.6. The first-order valence-electron chi connectivity index (χ1n) is 5.44. The van der Waals surface area contributed by atoms with Crippen LogP contribution in [-0.2, 0) is 0 Å². The molecule has 0 aliphatic rings. The number of nitrogens with two attached hydrogens (primary N) is 1. The van der Waals surface area contributed by atoms with Gasteiger partial charge in [0, 0.05) is 19.2 Å². The Bertz CT molecular complexity index is 368. The third-order valence-electron chi connectivity index (χ3n) is 2.82. The molecule has 2 N–H and O–H groups in total. The molecule has 0 saturated heterocycles. The van der Waals surface area contributed by atoms with Crippen LogP contribution in [0.4, 0.5) is 15.8 Å². The van der Waals surface area contributed by atoms with Crippen molar-refractivity contribution in [2.45, 2.75) is 32.7 Å². The van der Waals surface area contributed by atoms with Gasteiger partial charge in [-0.25, -0.2) is 4.39 Å². The molecule has 4 heteroatoms. The number of hydrogen-bond acceptors (Lipinski definition) is 2. The minimum atomic E-state index is -0.429. The zero-order valence-electron chi connectivity index (χ0n) is 9.93. The van der Waals surface area contributed by atoms with Crippen molar-refractivity contribution in [1.82, 2.24) is 0 Å². The molecule has 0 fully saturated rings. The fraction of sp³-hybridized carbons (Fsp3) is 0.500. The van der Waals surface area contributed by atoms with E-state index in [1.807, 2.05) is 11.9 Å². The van der Waals surface area contributed by atoms with E-state index in [4.69, 9.17) is 17.3 Å². The Morgan fingerprint density at radius 2 is 2.12 bits per heavy atom. The molecule has 16 heavy (non-hydrogen) atoms. The van der Waals surface area contributed by atoms with Crippen LogP contribution in [0, 0.1) is 5.82 Å². The molecule has 1 unspecified atom stereocenters. The van der Waals surface area contributed by atoms with Crippen LogP contribution >= 0.6 is 11.6 Å². The highest BCUT2D eigenvalue weighted by molar-refractivity contribution is 6.31. The molecule has 1 rings (SSSR count). The summed E-state index contributed by atoms with van der Waals surface area (Å²) in [5, 5.41) is 0.0674. The van der Waals surface area contributed by atoms with Gasteiger partial charge in [0.25, 0.3) is 0 Å². The molecule has 1 aromatic carbocycles. The van der Waals surface area contributed by atoms with E-state index in [9.17, 15) is 4.39 Å². The third kappa shape index (κ3) is 2.79. The van der Waals surface area contributed by atoms with Gasteiger partial charge in [-0.3, -0.25) is 0 Å². The van der Waals surface area contributed by atoms with Crippen LogP contribution in [0.15, 0.2) is 12.1 Å². The van der Waals surface area contributed by atoms with Crippen LogP contribution in [0.3, 0.4) is 0 Å². The predicted octanol–water partition coefficient (Wildman–Crippen LogP) is 3.69. The molecular formula is C12H18ClFN2. The van der Waals surface area contributed by atoms with Crippen molar-refractivity contribution in [3.63, 3.8) is 0 Å². The van der Waals surface area contributed by atoms with E-state index in [1.54, 1.807) is 0 Å². The Kier molecular flexibility index (Phi) is 4.42. The smallest absolute Gasteiger partial charge is 0.144 e. The molecule has 2 nitrogen and oxygen atoms in total. The zero-order chi connectivity index (χ0) is 12.3. The van der Waals surface area contributed by atoms with Gasteiger partial charge in [-0.05, 0) is 19.4 Å². The quantitative estimate of drug-likeness (QED) is 0.819. The van der Waals surface area contributed by atoms with Crippen molar-refractivity contribution < 1.29 is 4.39 Å². The van der Waals surface area contributed by atoms with Gasteiger partial charge in [-0.2, -0.15) is 0 Å². The fourth-order valence-electron chi connectivity index (χ4n) is 1.71. The van der Waals surface area contributed by atoms with Gasteiger partial charge in [0.2, 0.25) is 0 Å². The Balaban J connectivity index is 2.99. The first-order valence-corrected chi connectivity index (χ1v) is 5.82. The highest BCUT2D eigenvalue weighted by Gasteiger charge is 2.14. The average molecular weight is 245 g/mol. The van der Waals surface area contributed by atoms with Gasteiger partial charge in [-0.1, -0.05) is 24.9 Å². The summed E-state index contributed by atoms with van der Waals surface area (Å²) in [6, 6.07) is 3.18. The molecule has 1 aromatic rings. The van der Waals surface area contributed by atoms with Crippen LogP contribution in [0.1, 0.15) is 26.7 Å². The SMILES string of the molecule is CCCC(C)N(C)c1cc(F)c(Cl)cc1N. The zero-order valence-corrected chi connectivity index (χ0v) is 10.7. The standard InChI is InChI=1S/C12H18ClFN2/c1-4-5-8(2)16(3)12-7-10(14)9(13)6-11(12)15/h6-8H,4-5,15H2,1-3H3. The lowest BCUT2D eigenvalue weighted by atomic mass is 10.1. The molecule has 0 amide bonds. The minimum Gasteiger partial charge on any atom is -0.397 e. The summed E-state index contributed by atoms with van der Waals surface area (Å²) >= 11 is 5.66. The Morgan fingerprint density at radius 1 is 1.50 bits per heavy atom. The number of nitrogens with zero attached hydrogens (tertiary/aromatic N) is 1. The van der Waals surface area contributed by atoms with Crippen molar-refractivity contribution >= 4 is 23.0 Å². The largest absolute Gasteiger partial charge is 0.397 e. The molecule has 0 aliphatic heterocycles. The Labute approximate surface area is 101 Å². The van der Waals surface area contributed by atoms with Gasteiger partial charge in [-0.15, -0.1) is 0 Å². The van der Waals surface area contributed by atoms with Crippen LogP contribution < -0.4 is 10.6 Å². The number of benzene rings is 1. The summed E-state index contributed by atoms with van der Waals surface area (Å²) in [6.45, 7) is 4.21. The second-order valence-electron chi connectivity index (χ2n) is 4.07. The molecule has 90 valence electrons. The van der Waals surface area contributed by atoms with Gasteiger partial charge in [0.15, 0.2) is 0 Å². The molecule has 0 radical (unpaired) electrons. The Hall–Kier alpha value is -0.960. The van der Waals surface area contributed by atoms with Gasteiger partial charge in [0.05, 0.1) is 16.4 Å². The molecule has 1 atom stereocenters. The predicted molar refractivity (Wildman–Crippen MR) is 68.6 cm³/mol.